The molecule has 9 fully saturated rings. The molecule has 5 aliphatic carbocycles. The predicted octanol–water partition coefficient (Wildman–Crippen LogP) is -1.45. The van der Waals surface area contributed by atoms with E-state index in [-0.39, 0.29) is 46.7 Å². The molecule has 0 radical (unpaired) electrons. The fourth-order valence-corrected chi connectivity index (χ4v) is 16.3. The molecule has 4 saturated heterocycles. The first-order valence-electron chi connectivity index (χ1n) is 24.4. The smallest absolute Gasteiger partial charge is 0.187 e. The van der Waals surface area contributed by atoms with E-state index in [9.17, 15) is 61.3 Å². The fraction of sp³-hybridized carbons (Fsp3) is 1.00. The molecule has 19 heteroatoms. The number of fused-ring (bicyclic) bond motifs is 2. The highest BCUT2D eigenvalue weighted by molar-refractivity contribution is 5.33. The molecule has 4 heterocycles. The lowest BCUT2D eigenvalue weighted by atomic mass is 9.41. The summed E-state index contributed by atoms with van der Waals surface area (Å²) in [5.41, 5.74) is -3.78. The summed E-state index contributed by atoms with van der Waals surface area (Å²) >= 11 is 0. The van der Waals surface area contributed by atoms with Crippen LogP contribution in [0.3, 0.4) is 0 Å². The van der Waals surface area contributed by atoms with Crippen LogP contribution in [0.1, 0.15) is 106 Å². The largest absolute Gasteiger partial charge is 0.394 e. The number of ether oxygens (including phenoxy) is 7. The third-order valence-electron chi connectivity index (χ3n) is 19.7. The van der Waals surface area contributed by atoms with Crippen LogP contribution in [0.25, 0.3) is 0 Å². The summed E-state index contributed by atoms with van der Waals surface area (Å²) < 4.78 is 44.3. The number of rotatable bonds is 10. The maximum absolute atomic E-state index is 12.3. The number of hydrogen-bond donors (Lipinski definition) is 12. The first kappa shape index (κ1) is 50.2. The Morgan fingerprint density at radius 2 is 1.21 bits per heavy atom. The summed E-state index contributed by atoms with van der Waals surface area (Å²) in [7, 11) is 0. The molecule has 12 N–H and O–H groups in total. The van der Waals surface area contributed by atoms with Gasteiger partial charge >= 0.3 is 0 Å². The minimum absolute atomic E-state index is 0.0208. The van der Waals surface area contributed by atoms with Crippen LogP contribution < -0.4 is 0 Å². The van der Waals surface area contributed by atoms with Gasteiger partial charge in [0.05, 0.1) is 55.4 Å². The third kappa shape index (κ3) is 7.30. The summed E-state index contributed by atoms with van der Waals surface area (Å²) in [6.45, 7) is 12.7. The van der Waals surface area contributed by atoms with E-state index in [1.165, 1.54) is 0 Å². The maximum atomic E-state index is 12.3. The van der Waals surface area contributed by atoms with Crippen molar-refractivity contribution in [1.82, 2.24) is 0 Å². The Morgan fingerprint density at radius 3 is 1.79 bits per heavy atom. The van der Waals surface area contributed by atoms with Gasteiger partial charge in [-0.05, 0) is 117 Å². The summed E-state index contributed by atoms with van der Waals surface area (Å²) in [5, 5.41) is 130. The molecule has 19 nitrogen and oxygen atoms in total. The standard InChI is InChI=1S/C47H78O19/c1-41(2)26(64-40-35(28(52)21(51)18-60-40)65-39-34(58)32(56)30(54)24(17-49)63-39)9-11-47-19-46(47)13-12-43(5)36(45(7)10-8-27(66-45)42(3,4)59)20(50)15-44(43,6)25(46)14-22(37(41)47)61-38-33(57)31(55)29(53)23(16-48)62-38/h20-40,48-59H,8-19H2,1-7H3/t20-,21-,22+,23+,24-,25-,26-,27+,28+,29-,30+,31+,32+,33+,34-,35-,36-,37+,38-,39-,40+,43+,44-,45+,46-,47+/m1/s1. The Labute approximate surface area is 386 Å². The van der Waals surface area contributed by atoms with Crippen LogP contribution in [0, 0.1) is 44.8 Å². The molecule has 0 amide bonds. The Balaban J connectivity index is 1.04. The predicted molar refractivity (Wildman–Crippen MR) is 226 cm³/mol. The normalized spacial score (nSPS) is 58.0. The molecule has 4 aliphatic heterocycles. The van der Waals surface area contributed by atoms with Crippen molar-refractivity contribution in [2.75, 3.05) is 19.8 Å². The van der Waals surface area contributed by atoms with E-state index in [0.717, 1.165) is 19.3 Å². The minimum atomic E-state index is -1.80. The van der Waals surface area contributed by atoms with Gasteiger partial charge in [-0.1, -0.05) is 27.7 Å². The molecule has 0 aromatic heterocycles. The third-order valence-corrected chi connectivity index (χ3v) is 19.7. The van der Waals surface area contributed by atoms with Crippen LogP contribution in [0.5, 0.6) is 0 Å². The van der Waals surface area contributed by atoms with Crippen LogP contribution >= 0.6 is 0 Å². The summed E-state index contributed by atoms with van der Waals surface area (Å²) in [4.78, 5) is 0. The van der Waals surface area contributed by atoms with E-state index >= 15 is 0 Å². The van der Waals surface area contributed by atoms with Crippen LogP contribution in [0.4, 0.5) is 0 Å². The molecule has 26 atom stereocenters. The van der Waals surface area contributed by atoms with Gasteiger partial charge in [0.1, 0.15) is 67.1 Å². The lowest BCUT2D eigenvalue weighted by molar-refractivity contribution is -0.369. The molecule has 2 spiro atoms. The number of aliphatic hydroxyl groups is 12. The van der Waals surface area contributed by atoms with Crippen molar-refractivity contribution < 1.29 is 94.4 Å². The fourth-order valence-electron chi connectivity index (χ4n) is 16.3. The Hall–Kier alpha value is -0.760. The van der Waals surface area contributed by atoms with Crippen LogP contribution in [-0.4, -0.2) is 203 Å². The van der Waals surface area contributed by atoms with Gasteiger partial charge in [0, 0.05) is 5.92 Å². The minimum Gasteiger partial charge on any atom is -0.394 e. The number of hydrogen-bond acceptors (Lipinski definition) is 19. The number of aliphatic hydroxyl groups excluding tert-OH is 11. The molecule has 9 aliphatic rings. The molecule has 9 rings (SSSR count). The topological polar surface area (TPSA) is 307 Å². The first-order chi connectivity index (χ1) is 30.7. The van der Waals surface area contributed by atoms with Crippen molar-refractivity contribution in [3.63, 3.8) is 0 Å². The highest BCUT2D eigenvalue weighted by atomic mass is 16.8. The zero-order valence-corrected chi connectivity index (χ0v) is 39.3. The van der Waals surface area contributed by atoms with E-state index < -0.39 is 140 Å². The maximum Gasteiger partial charge on any atom is 0.187 e. The van der Waals surface area contributed by atoms with Gasteiger partial charge in [-0.25, -0.2) is 0 Å². The summed E-state index contributed by atoms with van der Waals surface area (Å²) in [5.74, 6) is -0.484. The molecule has 5 saturated carbocycles. The quantitative estimate of drug-likeness (QED) is 0.112. The van der Waals surface area contributed by atoms with Crippen LogP contribution in [0.2, 0.25) is 0 Å². The molecule has 0 aromatic rings. The van der Waals surface area contributed by atoms with Crippen molar-refractivity contribution >= 4 is 0 Å². The van der Waals surface area contributed by atoms with Gasteiger partial charge in [-0.2, -0.15) is 0 Å². The van der Waals surface area contributed by atoms with Crippen molar-refractivity contribution in [3.8, 4) is 0 Å². The summed E-state index contributed by atoms with van der Waals surface area (Å²) in [6.07, 6.45) is -17.6. The second-order valence-corrected chi connectivity index (χ2v) is 23.9. The van der Waals surface area contributed by atoms with Gasteiger partial charge in [-0.3, -0.25) is 0 Å². The van der Waals surface area contributed by atoms with E-state index in [1.807, 2.05) is 0 Å². The zero-order chi connectivity index (χ0) is 48.1. The molecule has 0 bridgehead atoms. The van der Waals surface area contributed by atoms with Crippen molar-refractivity contribution in [3.05, 3.63) is 0 Å². The highest BCUT2D eigenvalue weighted by Gasteiger charge is 2.85. The Bertz CT molecular complexity index is 1760. The van der Waals surface area contributed by atoms with Gasteiger partial charge in [0.2, 0.25) is 0 Å². The Kier molecular flexibility index (Phi) is 12.9. The zero-order valence-electron chi connectivity index (χ0n) is 39.3. The second-order valence-electron chi connectivity index (χ2n) is 23.9. The van der Waals surface area contributed by atoms with Crippen molar-refractivity contribution in [2.24, 2.45) is 44.8 Å². The van der Waals surface area contributed by atoms with Crippen molar-refractivity contribution in [1.29, 1.82) is 0 Å². The van der Waals surface area contributed by atoms with E-state index in [2.05, 4.69) is 34.6 Å². The Morgan fingerprint density at radius 1 is 0.606 bits per heavy atom. The monoisotopic (exact) mass is 947 g/mol. The average molecular weight is 947 g/mol. The van der Waals surface area contributed by atoms with E-state index in [1.54, 1.807) is 13.8 Å². The lowest BCUT2D eigenvalue weighted by Crippen LogP contribution is -2.66. The van der Waals surface area contributed by atoms with E-state index in [0.29, 0.717) is 38.5 Å². The average Bonchev–Trinajstić information content (AvgIpc) is 3.62. The van der Waals surface area contributed by atoms with Gasteiger partial charge < -0.3 is 94.4 Å². The molecule has 66 heavy (non-hydrogen) atoms. The van der Waals surface area contributed by atoms with E-state index in [4.69, 9.17) is 33.2 Å². The highest BCUT2D eigenvalue weighted by Crippen LogP contribution is 2.89. The molecule has 380 valence electrons. The summed E-state index contributed by atoms with van der Waals surface area (Å²) in [6, 6.07) is 0. The molecular weight excluding hydrogens is 868 g/mol. The lowest BCUT2D eigenvalue weighted by Gasteiger charge is -2.65. The second kappa shape index (κ2) is 16.9. The molecule has 0 aromatic carbocycles. The van der Waals surface area contributed by atoms with Gasteiger partial charge in [0.25, 0.3) is 0 Å². The van der Waals surface area contributed by atoms with Crippen molar-refractivity contribution in [2.45, 2.75) is 228 Å². The van der Waals surface area contributed by atoms with Crippen LogP contribution in [-0.2, 0) is 33.2 Å². The SMILES string of the molecule is CC(C)(O)[C@@H]1CC[C@@](C)([C@@H]2[C@H](O)C[C@]3(C)[C@H]4C[C@H](O[C@@H]5O[C@@H](CO)[C@@H](O)[C@H](O)[C@@H]5O)[C@H]5C(C)(C)[C@H](O[C@@H]6OC[C@@H](O)[C@H](O)[C@H]6O[C@H]6O[C@H](CO)[C@H](O)[C@H](O)[C@H]6O)CC[C@]56C[C@]46CC[C@@]23C)O1. The van der Waals surface area contributed by atoms with Gasteiger partial charge in [0.15, 0.2) is 18.9 Å². The molecular formula is C47H78O19. The van der Waals surface area contributed by atoms with Crippen LogP contribution in [0.15, 0.2) is 0 Å². The van der Waals surface area contributed by atoms with Gasteiger partial charge in [-0.15, -0.1) is 0 Å². The molecule has 0 unspecified atom stereocenters. The first-order valence-corrected chi connectivity index (χ1v) is 24.4.